The normalized spacial score (nSPS) is 13.1. The van der Waals surface area contributed by atoms with Gasteiger partial charge < -0.3 is 9.30 Å². The van der Waals surface area contributed by atoms with Crippen molar-refractivity contribution in [2.24, 2.45) is 0 Å². The molecule has 3 nitrogen and oxygen atoms in total. The molecule has 1 atom stereocenters. The summed E-state index contributed by atoms with van der Waals surface area (Å²) in [5.41, 5.74) is 3.35. The zero-order chi connectivity index (χ0) is 13.1. The number of alkyl halides is 1. The van der Waals surface area contributed by atoms with Gasteiger partial charge in [0.1, 0.15) is 5.82 Å². The van der Waals surface area contributed by atoms with E-state index in [2.05, 4.69) is 41.6 Å². The van der Waals surface area contributed by atoms with Gasteiger partial charge in [-0.05, 0) is 38.5 Å². The summed E-state index contributed by atoms with van der Waals surface area (Å²) in [6.45, 7) is 7.66. The standard InChI is InChI=1S/C14H19ClN2O/c1-4-18-11(3)9-17-13-6-5-10(2)7-12(13)16-14(17)8-15/h5-7,11H,4,8-9H2,1-3H3. The molecule has 1 aromatic heterocycles. The molecule has 1 unspecified atom stereocenters. The van der Waals surface area contributed by atoms with Gasteiger partial charge in [0.2, 0.25) is 0 Å². The molecule has 0 bridgehead atoms. The lowest BCUT2D eigenvalue weighted by atomic mass is 10.2. The zero-order valence-electron chi connectivity index (χ0n) is 11.1. The molecular formula is C14H19ClN2O. The van der Waals surface area contributed by atoms with Crippen LogP contribution in [0.15, 0.2) is 18.2 Å². The molecule has 0 spiro atoms. The predicted molar refractivity (Wildman–Crippen MR) is 75.1 cm³/mol. The molecule has 98 valence electrons. The Labute approximate surface area is 113 Å². The second-order valence-corrected chi connectivity index (χ2v) is 4.80. The van der Waals surface area contributed by atoms with Crippen LogP contribution in [0.3, 0.4) is 0 Å². The first-order valence-electron chi connectivity index (χ1n) is 6.29. The summed E-state index contributed by atoms with van der Waals surface area (Å²) in [4.78, 5) is 4.58. The maximum Gasteiger partial charge on any atom is 0.124 e. The Bertz CT molecular complexity index is 536. The minimum absolute atomic E-state index is 0.163. The molecule has 18 heavy (non-hydrogen) atoms. The van der Waals surface area contributed by atoms with Gasteiger partial charge in [0.05, 0.1) is 29.6 Å². The van der Waals surface area contributed by atoms with E-state index in [1.807, 2.05) is 6.92 Å². The SMILES string of the molecule is CCOC(C)Cn1c(CCl)nc2cc(C)ccc21. The van der Waals surface area contributed by atoms with E-state index >= 15 is 0 Å². The summed E-state index contributed by atoms with van der Waals surface area (Å²) in [6, 6.07) is 6.30. The summed E-state index contributed by atoms with van der Waals surface area (Å²) in [7, 11) is 0. The van der Waals surface area contributed by atoms with Gasteiger partial charge in [-0.3, -0.25) is 0 Å². The fourth-order valence-electron chi connectivity index (χ4n) is 2.19. The Kier molecular flexibility index (Phi) is 4.25. The van der Waals surface area contributed by atoms with Crippen molar-refractivity contribution in [3.8, 4) is 0 Å². The molecule has 1 heterocycles. The Morgan fingerprint density at radius 2 is 2.22 bits per heavy atom. The minimum atomic E-state index is 0.163. The summed E-state index contributed by atoms with van der Waals surface area (Å²) in [6.07, 6.45) is 0.163. The van der Waals surface area contributed by atoms with E-state index in [1.165, 1.54) is 5.56 Å². The third-order valence-corrected chi connectivity index (χ3v) is 3.23. The number of hydrogen-bond acceptors (Lipinski definition) is 2. The van der Waals surface area contributed by atoms with E-state index in [0.29, 0.717) is 5.88 Å². The number of rotatable bonds is 5. The largest absolute Gasteiger partial charge is 0.377 e. The lowest BCUT2D eigenvalue weighted by molar-refractivity contribution is 0.0643. The number of halogens is 1. The molecule has 2 rings (SSSR count). The lowest BCUT2D eigenvalue weighted by Gasteiger charge is -2.14. The van der Waals surface area contributed by atoms with Crippen molar-refractivity contribution in [1.29, 1.82) is 0 Å². The smallest absolute Gasteiger partial charge is 0.124 e. The van der Waals surface area contributed by atoms with Crippen LogP contribution in [0, 0.1) is 6.92 Å². The first-order valence-corrected chi connectivity index (χ1v) is 6.82. The summed E-state index contributed by atoms with van der Waals surface area (Å²) < 4.78 is 7.75. The molecule has 0 radical (unpaired) electrons. The molecule has 0 saturated carbocycles. The fourth-order valence-corrected chi connectivity index (χ4v) is 2.39. The van der Waals surface area contributed by atoms with E-state index in [0.717, 1.165) is 30.0 Å². The Balaban J connectivity index is 2.40. The van der Waals surface area contributed by atoms with Gasteiger partial charge >= 0.3 is 0 Å². The number of imidazole rings is 1. The van der Waals surface area contributed by atoms with Crippen LogP contribution in [0.5, 0.6) is 0 Å². The van der Waals surface area contributed by atoms with Crippen molar-refractivity contribution < 1.29 is 4.74 Å². The van der Waals surface area contributed by atoms with Crippen molar-refractivity contribution >= 4 is 22.6 Å². The quantitative estimate of drug-likeness (QED) is 0.775. The summed E-state index contributed by atoms with van der Waals surface area (Å²) >= 11 is 5.98. The molecule has 0 aliphatic heterocycles. The summed E-state index contributed by atoms with van der Waals surface area (Å²) in [5, 5.41) is 0. The van der Waals surface area contributed by atoms with Crippen molar-refractivity contribution in [2.45, 2.75) is 39.3 Å². The number of aryl methyl sites for hydroxylation is 1. The lowest BCUT2D eigenvalue weighted by Crippen LogP contribution is -2.17. The van der Waals surface area contributed by atoms with Crippen LogP contribution < -0.4 is 0 Å². The average molecular weight is 267 g/mol. The number of aromatic nitrogens is 2. The van der Waals surface area contributed by atoms with E-state index in [1.54, 1.807) is 0 Å². The Morgan fingerprint density at radius 3 is 2.89 bits per heavy atom. The van der Waals surface area contributed by atoms with E-state index in [4.69, 9.17) is 16.3 Å². The molecule has 0 N–H and O–H groups in total. The third kappa shape index (κ3) is 2.68. The molecular weight excluding hydrogens is 248 g/mol. The van der Waals surface area contributed by atoms with Crippen LogP contribution in [-0.2, 0) is 17.2 Å². The second kappa shape index (κ2) is 5.72. The number of nitrogens with zero attached hydrogens (tertiary/aromatic N) is 2. The summed E-state index contributed by atoms with van der Waals surface area (Å²) in [5.74, 6) is 1.33. The molecule has 1 aromatic carbocycles. The number of ether oxygens (including phenoxy) is 1. The van der Waals surface area contributed by atoms with Gasteiger partial charge in [-0.1, -0.05) is 6.07 Å². The van der Waals surface area contributed by atoms with Gasteiger partial charge in [-0.15, -0.1) is 11.6 Å². The molecule has 0 fully saturated rings. The first kappa shape index (κ1) is 13.4. The highest BCUT2D eigenvalue weighted by atomic mass is 35.5. The number of fused-ring (bicyclic) bond motifs is 1. The topological polar surface area (TPSA) is 27.1 Å². The van der Waals surface area contributed by atoms with Crippen molar-refractivity contribution in [3.63, 3.8) is 0 Å². The molecule has 4 heteroatoms. The molecule has 0 aliphatic carbocycles. The highest BCUT2D eigenvalue weighted by molar-refractivity contribution is 6.16. The van der Waals surface area contributed by atoms with Gasteiger partial charge in [0, 0.05) is 6.61 Å². The van der Waals surface area contributed by atoms with E-state index in [9.17, 15) is 0 Å². The van der Waals surface area contributed by atoms with Crippen LogP contribution in [0.25, 0.3) is 11.0 Å². The van der Waals surface area contributed by atoms with E-state index < -0.39 is 0 Å². The van der Waals surface area contributed by atoms with Crippen LogP contribution >= 0.6 is 11.6 Å². The zero-order valence-corrected chi connectivity index (χ0v) is 11.9. The van der Waals surface area contributed by atoms with Gasteiger partial charge in [-0.25, -0.2) is 4.98 Å². The first-order chi connectivity index (χ1) is 8.65. The van der Waals surface area contributed by atoms with Crippen LogP contribution in [0.1, 0.15) is 25.2 Å². The van der Waals surface area contributed by atoms with Crippen molar-refractivity contribution in [2.75, 3.05) is 6.61 Å². The van der Waals surface area contributed by atoms with Gasteiger partial charge in [-0.2, -0.15) is 0 Å². The van der Waals surface area contributed by atoms with Crippen LogP contribution in [-0.4, -0.2) is 22.3 Å². The second-order valence-electron chi connectivity index (χ2n) is 4.53. The predicted octanol–water partition coefficient (Wildman–Crippen LogP) is 3.51. The van der Waals surface area contributed by atoms with Crippen molar-refractivity contribution in [3.05, 3.63) is 29.6 Å². The van der Waals surface area contributed by atoms with Gasteiger partial charge in [0.15, 0.2) is 0 Å². The highest BCUT2D eigenvalue weighted by Gasteiger charge is 2.12. The average Bonchev–Trinajstić information content (AvgIpc) is 2.66. The van der Waals surface area contributed by atoms with Gasteiger partial charge in [0.25, 0.3) is 0 Å². The minimum Gasteiger partial charge on any atom is -0.377 e. The Morgan fingerprint density at radius 1 is 1.44 bits per heavy atom. The Hall–Kier alpha value is -1.06. The number of benzene rings is 1. The van der Waals surface area contributed by atoms with Crippen LogP contribution in [0.4, 0.5) is 0 Å². The van der Waals surface area contributed by atoms with Crippen LogP contribution in [0.2, 0.25) is 0 Å². The highest BCUT2D eigenvalue weighted by Crippen LogP contribution is 2.20. The maximum absolute atomic E-state index is 5.98. The monoisotopic (exact) mass is 266 g/mol. The molecule has 0 aliphatic rings. The fraction of sp³-hybridized carbons (Fsp3) is 0.500. The molecule has 0 amide bonds. The maximum atomic E-state index is 5.98. The van der Waals surface area contributed by atoms with Crippen molar-refractivity contribution in [1.82, 2.24) is 9.55 Å². The third-order valence-electron chi connectivity index (χ3n) is 2.99. The number of hydrogen-bond donors (Lipinski definition) is 0. The molecule has 2 aromatic rings. The molecule has 0 saturated heterocycles. The van der Waals surface area contributed by atoms with E-state index in [-0.39, 0.29) is 6.10 Å².